The summed E-state index contributed by atoms with van der Waals surface area (Å²) in [6.07, 6.45) is 0. The topological polar surface area (TPSA) is 0 Å². The van der Waals surface area contributed by atoms with Crippen LogP contribution in [0.3, 0.4) is 0 Å². The molecule has 3 aromatic heterocycles. The minimum atomic E-state index is 0.603. The highest BCUT2D eigenvalue weighted by molar-refractivity contribution is 7.26. The third-order valence-electron chi connectivity index (χ3n) is 2.84. The van der Waals surface area contributed by atoms with Crippen LogP contribution in [0.15, 0.2) is 35.0 Å². The van der Waals surface area contributed by atoms with Crippen molar-refractivity contribution in [1.82, 2.24) is 0 Å². The summed E-state index contributed by atoms with van der Waals surface area (Å²) < 4.78 is 15.3. The van der Waals surface area contributed by atoms with E-state index in [-0.39, 0.29) is 0 Å². The fourth-order valence-corrected chi connectivity index (χ4v) is 4.74. The lowest BCUT2D eigenvalue weighted by molar-refractivity contribution is 1.41. The summed E-state index contributed by atoms with van der Waals surface area (Å²) in [5, 5.41) is 1.21. The second-order valence-corrected chi connectivity index (χ2v) is 6.63. The van der Waals surface area contributed by atoms with Gasteiger partial charge in [0, 0.05) is 19.5 Å². The Morgan fingerprint density at radius 1 is 0.882 bits per heavy atom. The van der Waals surface area contributed by atoms with E-state index in [1.807, 2.05) is 24.3 Å². The van der Waals surface area contributed by atoms with Gasteiger partial charge < -0.3 is 0 Å². The minimum absolute atomic E-state index is 0.603. The molecule has 0 amide bonds. The third kappa shape index (κ3) is 1.88. The average molecular weight is 280 g/mol. The molecule has 3 heterocycles. The Balaban J connectivity index is 2.14. The maximum atomic E-state index is 7.66. The van der Waals surface area contributed by atoms with Crippen molar-refractivity contribution in [3.05, 3.63) is 46.1 Å². The smallest absolute Gasteiger partial charge is 0.0740 e. The zero-order valence-electron chi connectivity index (χ0n) is 11.5. The summed E-state index contributed by atoms with van der Waals surface area (Å²) in [7, 11) is 0. The van der Waals surface area contributed by atoms with E-state index >= 15 is 0 Å². The molecule has 3 aromatic rings. The van der Waals surface area contributed by atoms with Gasteiger partial charge in [-0.25, -0.2) is 0 Å². The highest BCUT2D eigenvalue weighted by Gasteiger charge is 2.15. The first kappa shape index (κ1) is 9.09. The van der Waals surface area contributed by atoms with Gasteiger partial charge in [-0.15, -0.1) is 34.0 Å². The van der Waals surface area contributed by atoms with Crippen molar-refractivity contribution in [3.8, 4) is 19.5 Å². The van der Waals surface area contributed by atoms with Crippen molar-refractivity contribution < 1.29 is 2.74 Å². The van der Waals surface area contributed by atoms with Gasteiger partial charge in [0.25, 0.3) is 0 Å². The van der Waals surface area contributed by atoms with Crippen LogP contribution in [-0.2, 0) is 0 Å². The molecule has 0 aliphatic heterocycles. The molecule has 0 bridgehead atoms. The molecule has 0 spiro atoms. The molecular formula is C14H12S3. The van der Waals surface area contributed by atoms with Crippen LogP contribution in [0.4, 0.5) is 0 Å². The van der Waals surface area contributed by atoms with Gasteiger partial charge in [-0.05, 0) is 47.8 Å². The highest BCUT2D eigenvalue weighted by atomic mass is 32.1. The van der Waals surface area contributed by atoms with Crippen molar-refractivity contribution in [3.63, 3.8) is 0 Å². The highest BCUT2D eigenvalue weighted by Crippen LogP contribution is 2.43. The molecule has 0 atom stereocenters. The van der Waals surface area contributed by atoms with Gasteiger partial charge in [-0.2, -0.15) is 0 Å². The third-order valence-corrected chi connectivity index (χ3v) is 6.19. The van der Waals surface area contributed by atoms with Crippen molar-refractivity contribution >= 4 is 34.0 Å². The molecule has 0 N–H and O–H groups in total. The molecule has 86 valence electrons. The fraction of sp³-hybridized carbons (Fsp3) is 0.143. The quantitative estimate of drug-likeness (QED) is 0.554. The molecule has 17 heavy (non-hydrogen) atoms. The van der Waals surface area contributed by atoms with Gasteiger partial charge in [0.2, 0.25) is 0 Å². The number of hydrogen-bond acceptors (Lipinski definition) is 3. The lowest BCUT2D eigenvalue weighted by Crippen LogP contribution is -1.75. The van der Waals surface area contributed by atoms with Gasteiger partial charge >= 0.3 is 0 Å². The summed E-state index contributed by atoms with van der Waals surface area (Å²) in [6, 6.07) is 7.75. The first-order valence-corrected chi connectivity index (χ1v) is 7.75. The van der Waals surface area contributed by atoms with Crippen LogP contribution >= 0.6 is 34.0 Å². The standard InChI is InChI=1S/C14H12S3/c1-9-10(2)14(12-6-4-8-16-12)17-13(9)11-5-3-7-15-11/h3-8H,1-2H3/i7T,8T. The molecule has 0 saturated carbocycles. The molecule has 0 nitrogen and oxygen atoms in total. The van der Waals surface area contributed by atoms with E-state index < -0.39 is 0 Å². The van der Waals surface area contributed by atoms with Crippen LogP contribution in [-0.4, -0.2) is 0 Å². The number of hydrogen-bond donors (Lipinski definition) is 0. The first-order chi connectivity index (χ1) is 9.06. The van der Waals surface area contributed by atoms with E-state index in [1.165, 1.54) is 53.3 Å². The maximum absolute atomic E-state index is 7.66. The zero-order valence-corrected chi connectivity index (χ0v) is 12.0. The van der Waals surface area contributed by atoms with Gasteiger partial charge in [0.05, 0.1) is 2.74 Å². The Kier molecular flexibility index (Phi) is 2.36. The minimum Gasteiger partial charge on any atom is -0.143 e. The SMILES string of the molecule is [3H]c1ccc(-c2sc(-c3ccc([3H])s3)c(C)c2C)s1. The van der Waals surface area contributed by atoms with Gasteiger partial charge in [0.15, 0.2) is 0 Å². The number of thiophene rings is 3. The summed E-state index contributed by atoms with van der Waals surface area (Å²) in [6.45, 7) is 4.28. The lowest BCUT2D eigenvalue weighted by atomic mass is 10.1. The molecule has 0 unspecified atom stereocenters. The van der Waals surface area contributed by atoms with Crippen molar-refractivity contribution in [1.29, 1.82) is 0 Å². The normalized spacial score (nSPS) is 12.6. The molecule has 3 rings (SSSR count). The van der Waals surface area contributed by atoms with E-state index in [0.29, 0.717) is 10.7 Å². The first-order valence-electron chi connectivity index (χ1n) is 6.30. The van der Waals surface area contributed by atoms with Gasteiger partial charge in [0.1, 0.15) is 0 Å². The molecule has 0 aliphatic carbocycles. The van der Waals surface area contributed by atoms with Crippen molar-refractivity contribution in [2.45, 2.75) is 13.8 Å². The Hall–Kier alpha value is -0.900. The average Bonchev–Trinajstić information content (AvgIpc) is 3.03. The molecule has 0 aliphatic rings. The van der Waals surface area contributed by atoms with Crippen molar-refractivity contribution in [2.75, 3.05) is 0 Å². The van der Waals surface area contributed by atoms with Crippen LogP contribution in [0.5, 0.6) is 0 Å². The second-order valence-electron chi connectivity index (χ2n) is 3.85. The molecular weight excluding hydrogens is 264 g/mol. The summed E-state index contributed by atoms with van der Waals surface area (Å²) >= 11 is 4.81. The molecule has 0 fully saturated rings. The van der Waals surface area contributed by atoms with E-state index in [2.05, 4.69) is 13.8 Å². The summed E-state index contributed by atoms with van der Waals surface area (Å²) in [5.74, 6) is 0. The van der Waals surface area contributed by atoms with Crippen molar-refractivity contribution in [2.24, 2.45) is 0 Å². The Morgan fingerprint density at radius 3 is 1.71 bits per heavy atom. The van der Waals surface area contributed by atoms with E-state index in [1.54, 1.807) is 11.3 Å². The van der Waals surface area contributed by atoms with Crippen LogP contribution in [0, 0.1) is 13.8 Å². The largest absolute Gasteiger partial charge is 0.143 e. The molecule has 0 aromatic carbocycles. The lowest BCUT2D eigenvalue weighted by Gasteiger charge is -1.95. The number of rotatable bonds is 2. The monoisotopic (exact) mass is 280 g/mol. The molecule has 0 saturated heterocycles. The maximum Gasteiger partial charge on any atom is 0.0740 e. The Labute approximate surface area is 116 Å². The molecule has 0 radical (unpaired) electrons. The van der Waals surface area contributed by atoms with Gasteiger partial charge in [-0.3, -0.25) is 0 Å². The fourth-order valence-electron chi connectivity index (χ4n) is 1.79. The van der Waals surface area contributed by atoms with Crippen LogP contribution < -0.4 is 0 Å². The van der Waals surface area contributed by atoms with E-state index in [9.17, 15) is 0 Å². The van der Waals surface area contributed by atoms with Crippen LogP contribution in [0.1, 0.15) is 13.9 Å². The summed E-state index contributed by atoms with van der Waals surface area (Å²) in [4.78, 5) is 4.86. The zero-order chi connectivity index (χ0) is 13.6. The predicted molar refractivity (Wildman–Crippen MR) is 80.4 cm³/mol. The van der Waals surface area contributed by atoms with Crippen LogP contribution in [0.25, 0.3) is 19.5 Å². The Morgan fingerprint density at radius 2 is 1.35 bits per heavy atom. The Bertz CT molecular complexity index is 673. The summed E-state index contributed by atoms with van der Waals surface area (Å²) in [5.41, 5.74) is 2.59. The predicted octanol–water partition coefficient (Wildman–Crippen LogP) is 5.82. The second kappa shape index (κ2) is 4.41. The molecule has 3 heteroatoms. The van der Waals surface area contributed by atoms with Crippen LogP contribution in [0.2, 0.25) is 0 Å². The van der Waals surface area contributed by atoms with E-state index in [0.717, 1.165) is 0 Å². The van der Waals surface area contributed by atoms with E-state index in [4.69, 9.17) is 2.74 Å². The van der Waals surface area contributed by atoms with Gasteiger partial charge in [-0.1, -0.05) is 12.1 Å².